The molecule has 1 aromatic heterocycles. The number of nitrogens with one attached hydrogen (secondary N) is 1. The van der Waals surface area contributed by atoms with Crippen LogP contribution >= 0.6 is 22.9 Å². The van der Waals surface area contributed by atoms with E-state index < -0.39 is 5.97 Å². The zero-order chi connectivity index (χ0) is 13.1. The van der Waals surface area contributed by atoms with Crippen molar-refractivity contribution in [3.8, 4) is 0 Å². The van der Waals surface area contributed by atoms with E-state index in [2.05, 4.69) is 5.32 Å². The Bertz CT molecular complexity index is 601. The zero-order valence-electron chi connectivity index (χ0n) is 9.98. The van der Waals surface area contributed by atoms with Gasteiger partial charge in [-0.1, -0.05) is 17.7 Å². The van der Waals surface area contributed by atoms with E-state index in [4.69, 9.17) is 11.6 Å². The molecule has 0 saturated heterocycles. The Morgan fingerprint density at radius 3 is 2.58 bits per heavy atom. The summed E-state index contributed by atoms with van der Waals surface area (Å²) < 4.78 is 0. The van der Waals surface area contributed by atoms with Crippen molar-refractivity contribution in [3.05, 3.63) is 51.2 Å². The number of carbonyl (C=O) groups excluding carboxylic acids is 2. The predicted molar refractivity (Wildman–Crippen MR) is 73.8 cm³/mol. The Morgan fingerprint density at radius 2 is 2.00 bits per heavy atom. The number of carbonyl (C=O) groups is 2. The normalized spacial score (nSPS) is 9.53. The summed E-state index contributed by atoms with van der Waals surface area (Å²) in [6.07, 6.45) is 0. The summed E-state index contributed by atoms with van der Waals surface area (Å²) in [5.74, 6) is -1.75. The number of benzene rings is 1. The van der Waals surface area contributed by atoms with Gasteiger partial charge in [-0.15, -0.1) is 11.3 Å². The fourth-order valence-corrected chi connectivity index (χ4v) is 2.18. The van der Waals surface area contributed by atoms with Crippen LogP contribution in [0, 0.1) is 0 Å². The molecule has 4 nitrogen and oxygen atoms in total. The van der Waals surface area contributed by atoms with Gasteiger partial charge in [0, 0.05) is 62.0 Å². The van der Waals surface area contributed by atoms with Gasteiger partial charge >= 0.3 is 0 Å². The van der Waals surface area contributed by atoms with Crippen LogP contribution in [0.5, 0.6) is 0 Å². The van der Waals surface area contributed by atoms with Gasteiger partial charge in [-0.2, -0.15) is 0 Å². The minimum atomic E-state index is -1.37. The molecule has 0 spiro atoms. The van der Waals surface area contributed by atoms with E-state index >= 15 is 0 Å². The number of hydrogen-bond donors (Lipinski definition) is 1. The van der Waals surface area contributed by atoms with Crippen molar-refractivity contribution in [2.75, 3.05) is 5.32 Å². The van der Waals surface area contributed by atoms with Gasteiger partial charge in [0.15, 0.2) is 0 Å². The average molecular weight is 320 g/mol. The Hall–Kier alpha value is -0.214. The molecule has 0 aliphatic heterocycles. The molecule has 2 rings (SSSR count). The number of thiophene rings is 1. The maximum Gasteiger partial charge on any atom is 0.265 e. The molecule has 1 radical (unpaired) electrons. The Morgan fingerprint density at radius 1 is 1.26 bits per heavy atom. The summed E-state index contributed by atoms with van der Waals surface area (Å²) in [6.45, 7) is 0. The van der Waals surface area contributed by atoms with Crippen LogP contribution in [0.25, 0.3) is 0 Å². The maximum absolute atomic E-state index is 11.8. The summed E-state index contributed by atoms with van der Waals surface area (Å²) in [7, 11) is 0. The van der Waals surface area contributed by atoms with Gasteiger partial charge < -0.3 is 15.2 Å². The minimum Gasteiger partial charge on any atom is -0.545 e. The van der Waals surface area contributed by atoms with Gasteiger partial charge in [-0.25, -0.2) is 0 Å². The van der Waals surface area contributed by atoms with Crippen LogP contribution in [-0.4, -0.2) is 63.3 Å². The third kappa shape index (κ3) is 4.39. The number of hydrogen-bond acceptors (Lipinski definition) is 4. The molecule has 0 unspecified atom stereocenters. The summed E-state index contributed by atoms with van der Waals surface area (Å²) in [4.78, 5) is 23.2. The Kier molecular flexibility index (Phi) is 6.68. The number of amides is 1. The maximum atomic E-state index is 11.8. The Labute approximate surface area is 161 Å². The number of anilines is 1. The zero-order valence-corrected chi connectivity index (χ0v) is 14.7. The van der Waals surface area contributed by atoms with Crippen LogP contribution in [0.1, 0.15) is 20.0 Å². The summed E-state index contributed by atoms with van der Waals surface area (Å²) >= 11 is 7.03. The molecule has 93 valence electrons. The van der Waals surface area contributed by atoms with E-state index in [1.165, 1.54) is 29.5 Å². The molecule has 1 N–H and O–H groups in total. The first-order valence-corrected chi connectivity index (χ1v) is 6.19. The number of carboxylic acid groups (broad SMARTS) is 1. The first-order valence-electron chi connectivity index (χ1n) is 4.93. The topological polar surface area (TPSA) is 69.2 Å². The van der Waals surface area contributed by atoms with E-state index in [1.54, 1.807) is 17.5 Å². The van der Waals surface area contributed by atoms with Gasteiger partial charge in [0.25, 0.3) is 5.91 Å². The van der Waals surface area contributed by atoms with Crippen molar-refractivity contribution < 1.29 is 14.7 Å². The number of rotatable bonds is 3. The smallest absolute Gasteiger partial charge is 0.265 e. The second-order valence-electron chi connectivity index (χ2n) is 3.41. The monoisotopic (exact) mass is 319 g/mol. The van der Waals surface area contributed by atoms with Crippen molar-refractivity contribution in [1.82, 2.24) is 0 Å². The summed E-state index contributed by atoms with van der Waals surface area (Å²) in [5.41, 5.74) is 0.0187. The summed E-state index contributed by atoms with van der Waals surface area (Å²) in [6, 6.07) is 7.47. The van der Waals surface area contributed by atoms with Gasteiger partial charge in [-0.05, 0) is 29.6 Å². The van der Waals surface area contributed by atoms with Crippen molar-refractivity contribution in [2.45, 2.75) is 0 Å². The first-order chi connectivity index (χ1) is 8.58. The number of carboxylic acids is 1. The molecule has 0 bridgehead atoms. The molecule has 0 fully saturated rings. The molecule has 0 saturated carbocycles. The molecule has 0 atom stereocenters. The molecule has 19 heavy (non-hydrogen) atoms. The molecule has 1 amide bonds. The van der Waals surface area contributed by atoms with Gasteiger partial charge in [0.05, 0.1) is 16.5 Å². The molecule has 1 aromatic carbocycles. The molecule has 1 heterocycles. The molecule has 7 heteroatoms. The van der Waals surface area contributed by atoms with E-state index in [9.17, 15) is 14.7 Å². The fourth-order valence-electron chi connectivity index (χ4n) is 1.39. The van der Waals surface area contributed by atoms with Gasteiger partial charge in [0.1, 0.15) is 0 Å². The third-order valence-electron chi connectivity index (χ3n) is 2.19. The van der Waals surface area contributed by atoms with Crippen molar-refractivity contribution in [3.63, 3.8) is 0 Å². The van der Waals surface area contributed by atoms with Crippen LogP contribution in [-0.2, 0) is 0 Å². The second kappa shape index (κ2) is 7.54. The van der Waals surface area contributed by atoms with Gasteiger partial charge in [-0.3, -0.25) is 4.79 Å². The van der Waals surface area contributed by atoms with Crippen molar-refractivity contribution in [1.29, 1.82) is 0 Å². The summed E-state index contributed by atoms with van der Waals surface area (Å²) in [5, 5.41) is 15.5. The van der Waals surface area contributed by atoms with Gasteiger partial charge in [0.2, 0.25) is 0 Å². The van der Waals surface area contributed by atoms with Crippen molar-refractivity contribution >= 4 is 91.9 Å². The third-order valence-corrected chi connectivity index (χ3v) is 3.30. The second-order valence-corrected chi connectivity index (χ2v) is 4.79. The van der Waals surface area contributed by atoms with Crippen LogP contribution < -0.4 is 10.4 Å². The molecule has 2 aromatic rings. The van der Waals surface area contributed by atoms with Crippen LogP contribution in [0.2, 0.25) is 5.02 Å². The van der Waals surface area contributed by atoms with Crippen LogP contribution in [0.4, 0.5) is 5.69 Å². The number of aromatic carboxylic acids is 1. The van der Waals surface area contributed by atoms with E-state index in [0.29, 0.717) is 9.90 Å². The molecule has 0 aliphatic carbocycles. The van der Waals surface area contributed by atoms with Crippen LogP contribution in [0.3, 0.4) is 0 Å². The van der Waals surface area contributed by atoms with E-state index in [-0.39, 0.29) is 68.5 Å². The number of halogens is 1. The molecule has 0 aliphatic rings. The van der Waals surface area contributed by atoms with E-state index in [1.807, 2.05) is 0 Å². The average Bonchev–Trinajstić information content (AvgIpc) is 2.81. The molecular formula is C12H7ClKNO3S-. The van der Waals surface area contributed by atoms with Crippen LogP contribution in [0.15, 0.2) is 35.7 Å². The van der Waals surface area contributed by atoms with E-state index in [0.717, 1.165) is 0 Å². The fraction of sp³-hybridized carbons (Fsp3) is 0. The predicted octanol–water partition coefficient (Wildman–Crippen LogP) is 1.64. The first kappa shape index (κ1) is 16.8. The quantitative estimate of drug-likeness (QED) is 0.874. The Balaban J connectivity index is 0.00000180. The molecular weight excluding hydrogens is 313 g/mol. The van der Waals surface area contributed by atoms with Crippen molar-refractivity contribution in [2.24, 2.45) is 0 Å². The standard InChI is InChI=1S/C12H8ClNO3S.K/c13-7-3-4-8(12(16)17)9(6-7)14-11(15)10-2-1-5-18-10;/h1-6H,(H,14,15)(H,16,17);/p-1. The minimum absolute atomic E-state index is 0. The largest absolute Gasteiger partial charge is 0.545 e. The SMILES string of the molecule is O=C(Nc1cc(Cl)ccc1C(=O)[O-])c1cccs1.[K].